The van der Waals surface area contributed by atoms with Gasteiger partial charge in [-0.3, -0.25) is 14.6 Å². The molecule has 2 aromatic carbocycles. The van der Waals surface area contributed by atoms with Crippen LogP contribution in [0.3, 0.4) is 0 Å². The van der Waals surface area contributed by atoms with Crippen LogP contribution in [-0.4, -0.2) is 58.6 Å². The topological polar surface area (TPSA) is 74.5 Å². The van der Waals surface area contributed by atoms with Crippen LogP contribution in [-0.2, 0) is 11.0 Å². The number of hydrogen-bond donors (Lipinski definition) is 1. The van der Waals surface area contributed by atoms with Gasteiger partial charge in [0.25, 0.3) is 0 Å². The maximum Gasteiger partial charge on any atom is 0.416 e. The van der Waals surface area contributed by atoms with Gasteiger partial charge in [0, 0.05) is 37.4 Å². The summed E-state index contributed by atoms with van der Waals surface area (Å²) >= 11 is 0. The summed E-state index contributed by atoms with van der Waals surface area (Å²) in [6, 6.07) is 10.5. The Hall–Kier alpha value is -3.24. The number of aromatic nitrogens is 2. The predicted octanol–water partition coefficient (Wildman–Crippen LogP) is 4.69. The molecule has 1 saturated heterocycles. The van der Waals surface area contributed by atoms with E-state index in [4.69, 9.17) is 4.52 Å². The molecule has 3 aromatic rings. The van der Waals surface area contributed by atoms with Gasteiger partial charge in [0.2, 0.25) is 17.6 Å². The van der Waals surface area contributed by atoms with Crippen LogP contribution in [0.15, 0.2) is 47.0 Å². The standard InChI is InChI=1S/C25H28F3N5O2/c1-16-6-4-9-21(17(16)2)29-22(34)15-32-10-12-33(13-11-32)18(3)24-30-23(31-35-24)19-7-5-8-20(14-19)25(26,27)28/h4-9,14,18H,10-13,15H2,1-3H3,(H,29,34)/t18-/m0/s1. The molecule has 1 amide bonds. The Kier molecular flexibility index (Phi) is 7.23. The van der Waals surface area contributed by atoms with Gasteiger partial charge >= 0.3 is 6.18 Å². The van der Waals surface area contributed by atoms with Gasteiger partial charge in [0.05, 0.1) is 18.2 Å². The van der Waals surface area contributed by atoms with E-state index in [0.717, 1.165) is 28.9 Å². The molecule has 0 saturated carbocycles. The molecular weight excluding hydrogens is 459 g/mol. The van der Waals surface area contributed by atoms with Gasteiger partial charge < -0.3 is 9.84 Å². The van der Waals surface area contributed by atoms with Crippen LogP contribution in [0.25, 0.3) is 11.4 Å². The molecule has 0 aliphatic carbocycles. The Labute approximate surface area is 201 Å². The Morgan fingerprint density at radius 3 is 2.54 bits per heavy atom. The molecule has 1 fully saturated rings. The van der Waals surface area contributed by atoms with E-state index in [2.05, 4.69) is 25.3 Å². The fraction of sp³-hybridized carbons (Fsp3) is 0.400. The lowest BCUT2D eigenvalue weighted by Gasteiger charge is -2.36. The van der Waals surface area contributed by atoms with E-state index < -0.39 is 11.7 Å². The molecule has 0 unspecified atom stereocenters. The van der Waals surface area contributed by atoms with Crippen LogP contribution in [0, 0.1) is 13.8 Å². The molecule has 186 valence electrons. The number of carbonyl (C=O) groups excluding carboxylic acids is 1. The highest BCUT2D eigenvalue weighted by molar-refractivity contribution is 5.93. The molecule has 1 aliphatic rings. The first-order valence-corrected chi connectivity index (χ1v) is 11.5. The summed E-state index contributed by atoms with van der Waals surface area (Å²) in [5, 5.41) is 6.88. The molecule has 1 atom stereocenters. The zero-order valence-electron chi connectivity index (χ0n) is 19.9. The average Bonchev–Trinajstić information content (AvgIpc) is 3.32. The summed E-state index contributed by atoms with van der Waals surface area (Å²) in [4.78, 5) is 21.1. The maximum atomic E-state index is 13.0. The second-order valence-electron chi connectivity index (χ2n) is 8.82. The van der Waals surface area contributed by atoms with E-state index in [9.17, 15) is 18.0 Å². The second-order valence-corrected chi connectivity index (χ2v) is 8.82. The number of piperazine rings is 1. The van der Waals surface area contributed by atoms with Gasteiger partial charge in [0.1, 0.15) is 0 Å². The number of benzene rings is 2. The van der Waals surface area contributed by atoms with Gasteiger partial charge in [-0.25, -0.2) is 0 Å². The summed E-state index contributed by atoms with van der Waals surface area (Å²) in [5.41, 5.74) is 2.51. The third-order valence-electron chi connectivity index (χ3n) is 6.45. The number of nitrogens with one attached hydrogen (secondary N) is 1. The first kappa shape index (κ1) is 24.9. The van der Waals surface area contributed by atoms with Gasteiger partial charge in [-0.05, 0) is 50.1 Å². The number of carbonyl (C=O) groups is 1. The monoisotopic (exact) mass is 487 g/mol. The summed E-state index contributed by atoms with van der Waals surface area (Å²) < 4.78 is 44.4. The van der Waals surface area contributed by atoms with Crippen molar-refractivity contribution in [2.24, 2.45) is 0 Å². The van der Waals surface area contributed by atoms with Crippen LogP contribution >= 0.6 is 0 Å². The molecule has 4 rings (SSSR count). The molecule has 1 aliphatic heterocycles. The Balaban J connectivity index is 1.32. The third-order valence-corrected chi connectivity index (χ3v) is 6.45. The smallest absolute Gasteiger partial charge is 0.337 e. The molecule has 2 heterocycles. The Morgan fingerprint density at radius 1 is 1.11 bits per heavy atom. The van der Waals surface area contributed by atoms with E-state index in [-0.39, 0.29) is 23.3 Å². The van der Waals surface area contributed by atoms with Crippen molar-refractivity contribution < 1.29 is 22.5 Å². The summed E-state index contributed by atoms with van der Waals surface area (Å²) in [6.07, 6.45) is -4.44. The predicted molar refractivity (Wildman–Crippen MR) is 126 cm³/mol. The van der Waals surface area contributed by atoms with Crippen molar-refractivity contribution in [3.05, 3.63) is 65.0 Å². The SMILES string of the molecule is Cc1cccc(NC(=O)CN2CCN([C@@H](C)c3nc(-c4cccc(C(F)(F)F)c4)no3)CC2)c1C. The van der Waals surface area contributed by atoms with Crippen molar-refractivity contribution in [1.82, 2.24) is 19.9 Å². The highest BCUT2D eigenvalue weighted by atomic mass is 19.4. The van der Waals surface area contributed by atoms with Crippen LogP contribution in [0.2, 0.25) is 0 Å². The van der Waals surface area contributed by atoms with Crippen LogP contribution in [0.5, 0.6) is 0 Å². The Morgan fingerprint density at radius 2 is 1.83 bits per heavy atom. The number of nitrogens with zero attached hydrogens (tertiary/aromatic N) is 4. The van der Waals surface area contributed by atoms with E-state index in [1.165, 1.54) is 12.1 Å². The highest BCUT2D eigenvalue weighted by Crippen LogP contribution is 2.32. The van der Waals surface area contributed by atoms with Crippen molar-refractivity contribution in [1.29, 1.82) is 0 Å². The summed E-state index contributed by atoms with van der Waals surface area (Å²) in [6.45, 7) is 9.00. The fourth-order valence-corrected chi connectivity index (χ4v) is 4.10. The third kappa shape index (κ3) is 5.88. The first-order chi connectivity index (χ1) is 16.6. The quantitative estimate of drug-likeness (QED) is 0.544. The average molecular weight is 488 g/mol. The molecule has 35 heavy (non-hydrogen) atoms. The van der Waals surface area contributed by atoms with Gasteiger partial charge in [0.15, 0.2) is 0 Å². The lowest BCUT2D eigenvalue weighted by Crippen LogP contribution is -2.49. The number of halogens is 3. The molecule has 1 N–H and O–H groups in total. The van der Waals surface area contributed by atoms with E-state index in [1.807, 2.05) is 39.0 Å². The van der Waals surface area contributed by atoms with Crippen molar-refractivity contribution in [2.75, 3.05) is 38.0 Å². The molecule has 0 bridgehead atoms. The van der Waals surface area contributed by atoms with Crippen molar-refractivity contribution >= 4 is 11.6 Å². The molecular formula is C25H28F3N5O2. The first-order valence-electron chi connectivity index (χ1n) is 11.5. The summed E-state index contributed by atoms with van der Waals surface area (Å²) in [7, 11) is 0. The lowest BCUT2D eigenvalue weighted by molar-refractivity contribution is -0.137. The molecule has 0 spiro atoms. The number of anilines is 1. The zero-order valence-corrected chi connectivity index (χ0v) is 19.9. The van der Waals surface area contributed by atoms with Gasteiger partial charge in [-0.2, -0.15) is 18.2 Å². The van der Waals surface area contributed by atoms with Gasteiger partial charge in [-0.15, -0.1) is 0 Å². The normalized spacial score (nSPS) is 16.3. The fourth-order valence-electron chi connectivity index (χ4n) is 4.10. The minimum absolute atomic E-state index is 0.0529. The van der Waals surface area contributed by atoms with Crippen molar-refractivity contribution in [3.8, 4) is 11.4 Å². The number of amides is 1. The minimum atomic E-state index is -4.44. The molecule has 10 heteroatoms. The van der Waals surface area contributed by atoms with Crippen molar-refractivity contribution in [3.63, 3.8) is 0 Å². The van der Waals surface area contributed by atoms with E-state index in [1.54, 1.807) is 0 Å². The summed E-state index contributed by atoms with van der Waals surface area (Å²) in [5.74, 6) is 0.418. The Bertz CT molecular complexity index is 1190. The van der Waals surface area contributed by atoms with Crippen LogP contribution in [0.4, 0.5) is 18.9 Å². The second kappa shape index (κ2) is 10.2. The highest BCUT2D eigenvalue weighted by Gasteiger charge is 2.31. The zero-order chi connectivity index (χ0) is 25.2. The number of rotatable bonds is 6. The lowest BCUT2D eigenvalue weighted by atomic mass is 10.1. The van der Waals surface area contributed by atoms with E-state index >= 15 is 0 Å². The molecule has 1 aromatic heterocycles. The molecule has 7 nitrogen and oxygen atoms in total. The number of hydrogen-bond acceptors (Lipinski definition) is 6. The number of aryl methyl sites for hydroxylation is 1. The van der Waals surface area contributed by atoms with Crippen LogP contribution in [0.1, 0.15) is 35.5 Å². The van der Waals surface area contributed by atoms with Gasteiger partial charge in [-0.1, -0.05) is 29.4 Å². The van der Waals surface area contributed by atoms with E-state index in [0.29, 0.717) is 38.6 Å². The van der Waals surface area contributed by atoms with Crippen LogP contribution < -0.4 is 5.32 Å². The number of alkyl halides is 3. The molecule has 0 radical (unpaired) electrons. The largest absolute Gasteiger partial charge is 0.416 e. The minimum Gasteiger partial charge on any atom is -0.337 e. The maximum absolute atomic E-state index is 13.0. The van der Waals surface area contributed by atoms with Crippen molar-refractivity contribution in [2.45, 2.75) is 33.0 Å².